The topological polar surface area (TPSA) is 115 Å². The lowest BCUT2D eigenvalue weighted by molar-refractivity contribution is -0.125. The number of aromatic nitrogens is 3. The molecule has 0 aliphatic heterocycles. The molecule has 0 bridgehead atoms. The molecule has 0 unspecified atom stereocenters. The monoisotopic (exact) mass is 344 g/mol. The fourth-order valence-electron chi connectivity index (χ4n) is 2.19. The van der Waals surface area contributed by atoms with Crippen LogP contribution in [0, 0.1) is 12.8 Å². The Balaban J connectivity index is 1.96. The molecule has 2 amide bonds. The Hall–Kier alpha value is -2.74. The van der Waals surface area contributed by atoms with E-state index >= 15 is 0 Å². The van der Waals surface area contributed by atoms with E-state index in [1.807, 2.05) is 39.0 Å². The summed E-state index contributed by atoms with van der Waals surface area (Å²) >= 11 is 0. The Bertz CT molecular complexity index is 726. The number of rotatable bonds is 7. The molecule has 0 fully saturated rings. The van der Waals surface area contributed by atoms with Crippen molar-refractivity contribution >= 4 is 17.6 Å². The van der Waals surface area contributed by atoms with Crippen LogP contribution in [-0.4, -0.2) is 39.2 Å². The van der Waals surface area contributed by atoms with Crippen LogP contribution in [0.15, 0.2) is 30.5 Å². The number of nitrogens with two attached hydrogens (primary N) is 1. The highest BCUT2D eigenvalue weighted by atomic mass is 16.2. The first-order chi connectivity index (χ1) is 11.9. The first kappa shape index (κ1) is 18.6. The van der Waals surface area contributed by atoms with E-state index < -0.39 is 6.04 Å². The number of nitrogens with zero attached hydrogens (tertiary/aromatic N) is 3. The molecule has 8 heteroatoms. The van der Waals surface area contributed by atoms with Gasteiger partial charge in [-0.15, -0.1) is 0 Å². The van der Waals surface area contributed by atoms with Crippen molar-refractivity contribution in [3.63, 3.8) is 0 Å². The molecule has 25 heavy (non-hydrogen) atoms. The van der Waals surface area contributed by atoms with Crippen LogP contribution in [0.5, 0.6) is 0 Å². The Morgan fingerprint density at radius 1 is 1.32 bits per heavy atom. The van der Waals surface area contributed by atoms with E-state index in [9.17, 15) is 9.59 Å². The summed E-state index contributed by atoms with van der Waals surface area (Å²) in [7, 11) is 0. The molecule has 0 spiro atoms. The zero-order valence-electron chi connectivity index (χ0n) is 14.7. The van der Waals surface area contributed by atoms with Crippen molar-refractivity contribution in [2.24, 2.45) is 11.7 Å². The highest BCUT2D eigenvalue weighted by Gasteiger charge is 2.18. The van der Waals surface area contributed by atoms with Gasteiger partial charge in [-0.3, -0.25) is 14.6 Å². The molecular formula is C17H24N6O2. The zero-order chi connectivity index (χ0) is 18.4. The van der Waals surface area contributed by atoms with Crippen LogP contribution in [0.1, 0.15) is 25.2 Å². The van der Waals surface area contributed by atoms with Crippen LogP contribution >= 0.6 is 0 Å². The number of anilines is 1. The summed E-state index contributed by atoms with van der Waals surface area (Å²) in [4.78, 5) is 28.2. The lowest BCUT2D eigenvalue weighted by Crippen LogP contribution is -2.46. The molecule has 2 heterocycles. The molecular weight excluding hydrogens is 320 g/mol. The third-order valence-corrected chi connectivity index (χ3v) is 3.65. The van der Waals surface area contributed by atoms with Gasteiger partial charge in [-0.25, -0.2) is 4.68 Å². The van der Waals surface area contributed by atoms with E-state index in [1.165, 1.54) is 0 Å². The van der Waals surface area contributed by atoms with Crippen LogP contribution in [0.3, 0.4) is 0 Å². The molecule has 134 valence electrons. The maximum atomic E-state index is 12.1. The van der Waals surface area contributed by atoms with Crippen molar-refractivity contribution in [1.82, 2.24) is 20.1 Å². The van der Waals surface area contributed by atoms with Gasteiger partial charge < -0.3 is 16.4 Å². The summed E-state index contributed by atoms with van der Waals surface area (Å²) in [6, 6.07) is 6.75. The highest BCUT2D eigenvalue weighted by molar-refractivity contribution is 5.94. The third kappa shape index (κ3) is 5.39. The molecule has 2 aromatic rings. The number of hydrogen-bond donors (Lipinski definition) is 3. The van der Waals surface area contributed by atoms with Crippen molar-refractivity contribution in [3.05, 3.63) is 41.9 Å². The van der Waals surface area contributed by atoms with Gasteiger partial charge in [0.2, 0.25) is 11.8 Å². The first-order valence-corrected chi connectivity index (χ1v) is 8.14. The lowest BCUT2D eigenvalue weighted by Gasteiger charge is -2.15. The van der Waals surface area contributed by atoms with E-state index in [4.69, 9.17) is 5.73 Å². The molecule has 2 aromatic heterocycles. The molecule has 0 saturated carbocycles. The second kappa shape index (κ2) is 8.39. The van der Waals surface area contributed by atoms with Gasteiger partial charge in [0.15, 0.2) is 0 Å². The number of carbonyl (C=O) groups is 2. The molecule has 0 saturated heterocycles. The average molecular weight is 344 g/mol. The summed E-state index contributed by atoms with van der Waals surface area (Å²) in [6.45, 7) is 5.84. The predicted molar refractivity (Wildman–Crippen MR) is 94.8 cm³/mol. The van der Waals surface area contributed by atoms with Gasteiger partial charge >= 0.3 is 0 Å². The summed E-state index contributed by atoms with van der Waals surface area (Å²) in [5.74, 6) is -0.129. The molecule has 0 radical (unpaired) electrons. The standard InChI is InChI=1S/C17H24N6O2/c1-11(2)16(18)17(25)20-9-15(24)21-14-8-12(3)22-23(14)10-13-6-4-5-7-19-13/h4-8,11,16H,9-10,18H2,1-3H3,(H,20,25)(H,21,24)/t16-/m0/s1. The molecule has 8 nitrogen and oxygen atoms in total. The van der Waals surface area contributed by atoms with Gasteiger partial charge in [-0.05, 0) is 25.0 Å². The smallest absolute Gasteiger partial charge is 0.244 e. The minimum atomic E-state index is -0.635. The van der Waals surface area contributed by atoms with E-state index in [1.54, 1.807) is 16.9 Å². The number of pyridine rings is 1. The van der Waals surface area contributed by atoms with Crippen LogP contribution in [0.2, 0.25) is 0 Å². The molecule has 1 atom stereocenters. The van der Waals surface area contributed by atoms with Gasteiger partial charge in [0.05, 0.1) is 30.5 Å². The predicted octanol–water partition coefficient (Wildman–Crippen LogP) is 0.673. The van der Waals surface area contributed by atoms with Gasteiger partial charge in [-0.1, -0.05) is 19.9 Å². The third-order valence-electron chi connectivity index (χ3n) is 3.65. The normalized spacial score (nSPS) is 12.0. The molecule has 0 aliphatic rings. The van der Waals surface area contributed by atoms with Gasteiger partial charge in [-0.2, -0.15) is 5.10 Å². The number of carbonyl (C=O) groups excluding carboxylic acids is 2. The minimum Gasteiger partial charge on any atom is -0.346 e. The number of hydrogen-bond acceptors (Lipinski definition) is 5. The summed E-state index contributed by atoms with van der Waals surface area (Å²) in [6.07, 6.45) is 1.71. The fraction of sp³-hybridized carbons (Fsp3) is 0.412. The van der Waals surface area contributed by atoms with Crippen molar-refractivity contribution < 1.29 is 9.59 Å². The van der Waals surface area contributed by atoms with Crippen LogP contribution in [0.4, 0.5) is 5.82 Å². The van der Waals surface area contributed by atoms with Gasteiger partial charge in [0.25, 0.3) is 0 Å². The van der Waals surface area contributed by atoms with Gasteiger partial charge in [0.1, 0.15) is 5.82 Å². The highest BCUT2D eigenvalue weighted by Crippen LogP contribution is 2.12. The van der Waals surface area contributed by atoms with Crippen LogP contribution in [0.25, 0.3) is 0 Å². The second-order valence-corrected chi connectivity index (χ2v) is 6.19. The average Bonchev–Trinajstić information content (AvgIpc) is 2.91. The molecule has 2 rings (SSSR count). The van der Waals surface area contributed by atoms with Crippen molar-refractivity contribution in [2.75, 3.05) is 11.9 Å². The Labute approximate surface area is 146 Å². The zero-order valence-corrected chi connectivity index (χ0v) is 14.7. The van der Waals surface area contributed by atoms with Crippen LogP contribution in [-0.2, 0) is 16.1 Å². The number of aryl methyl sites for hydroxylation is 1. The SMILES string of the molecule is Cc1cc(NC(=O)CNC(=O)[C@@H](N)C(C)C)n(Cc2ccccn2)n1. The molecule has 0 aliphatic carbocycles. The summed E-state index contributed by atoms with van der Waals surface area (Å²) in [5, 5.41) is 9.66. The van der Waals surface area contributed by atoms with E-state index in [2.05, 4.69) is 20.7 Å². The van der Waals surface area contributed by atoms with E-state index in [0.717, 1.165) is 11.4 Å². The quantitative estimate of drug-likeness (QED) is 0.683. The van der Waals surface area contributed by atoms with E-state index in [0.29, 0.717) is 12.4 Å². The lowest BCUT2D eigenvalue weighted by atomic mass is 10.1. The Kier molecular flexibility index (Phi) is 6.24. The maximum Gasteiger partial charge on any atom is 0.244 e. The first-order valence-electron chi connectivity index (χ1n) is 8.14. The minimum absolute atomic E-state index is 0.00511. The van der Waals surface area contributed by atoms with E-state index in [-0.39, 0.29) is 24.3 Å². The molecule has 0 aromatic carbocycles. The maximum absolute atomic E-state index is 12.1. The Morgan fingerprint density at radius 3 is 2.72 bits per heavy atom. The second-order valence-electron chi connectivity index (χ2n) is 6.19. The summed E-state index contributed by atoms with van der Waals surface area (Å²) in [5.41, 5.74) is 7.35. The number of nitrogens with one attached hydrogen (secondary N) is 2. The van der Waals surface area contributed by atoms with Crippen molar-refractivity contribution in [2.45, 2.75) is 33.4 Å². The van der Waals surface area contributed by atoms with Crippen LogP contribution < -0.4 is 16.4 Å². The van der Waals surface area contributed by atoms with Gasteiger partial charge in [0, 0.05) is 12.3 Å². The number of amides is 2. The van der Waals surface area contributed by atoms with Crippen molar-refractivity contribution in [3.8, 4) is 0 Å². The largest absolute Gasteiger partial charge is 0.346 e. The Morgan fingerprint density at radius 2 is 2.08 bits per heavy atom. The fourth-order valence-corrected chi connectivity index (χ4v) is 2.19. The van der Waals surface area contributed by atoms with Crippen molar-refractivity contribution in [1.29, 1.82) is 0 Å². The summed E-state index contributed by atoms with van der Waals surface area (Å²) < 4.78 is 1.66. The molecule has 4 N–H and O–H groups in total.